The van der Waals surface area contributed by atoms with Gasteiger partial charge in [-0.25, -0.2) is 9.78 Å². The van der Waals surface area contributed by atoms with Gasteiger partial charge in [-0.15, -0.1) is 0 Å². The molecule has 1 aromatic heterocycles. The summed E-state index contributed by atoms with van der Waals surface area (Å²) in [4.78, 5) is 15.6. The number of aromatic nitrogens is 1. The van der Waals surface area contributed by atoms with Crippen LogP contribution in [-0.2, 0) is 4.74 Å². The first-order valence-electron chi connectivity index (χ1n) is 6.27. The van der Waals surface area contributed by atoms with Gasteiger partial charge >= 0.3 is 5.97 Å². The van der Waals surface area contributed by atoms with E-state index in [2.05, 4.69) is 22.0 Å². The van der Waals surface area contributed by atoms with Crippen LogP contribution in [-0.4, -0.2) is 24.6 Å². The van der Waals surface area contributed by atoms with Crippen LogP contribution in [0, 0.1) is 0 Å². The predicted octanol–water partition coefficient (Wildman–Crippen LogP) is 2.44. The number of nitrogen functional groups attached to an aromatic ring is 1. The Hall–Kier alpha value is -1.78. The van der Waals surface area contributed by atoms with Crippen LogP contribution in [0.4, 0.5) is 11.5 Å². The summed E-state index contributed by atoms with van der Waals surface area (Å²) in [7, 11) is 1.33. The lowest BCUT2D eigenvalue weighted by atomic mass is 10.2. The Morgan fingerprint density at radius 2 is 2.22 bits per heavy atom. The lowest BCUT2D eigenvalue weighted by Crippen LogP contribution is -2.11. The van der Waals surface area contributed by atoms with Crippen molar-refractivity contribution >= 4 is 17.5 Å². The second-order valence-corrected chi connectivity index (χ2v) is 4.10. The third kappa shape index (κ3) is 3.91. The van der Waals surface area contributed by atoms with Gasteiger partial charge in [0.15, 0.2) is 0 Å². The summed E-state index contributed by atoms with van der Waals surface area (Å²) in [5, 5.41) is 3.15. The van der Waals surface area contributed by atoms with Crippen LogP contribution in [0.25, 0.3) is 0 Å². The molecule has 0 radical (unpaired) electrons. The molecule has 1 aromatic rings. The van der Waals surface area contributed by atoms with E-state index in [4.69, 9.17) is 5.73 Å². The largest absolute Gasteiger partial charge is 0.465 e. The Labute approximate surface area is 108 Å². The highest BCUT2D eigenvalue weighted by atomic mass is 16.5. The molecule has 0 aliphatic rings. The molecule has 1 heterocycles. The molecular weight excluding hydrogens is 230 g/mol. The minimum atomic E-state index is -0.441. The highest BCUT2D eigenvalue weighted by Crippen LogP contribution is 2.20. The van der Waals surface area contributed by atoms with Gasteiger partial charge in [0, 0.05) is 12.7 Å². The molecule has 18 heavy (non-hydrogen) atoms. The first-order chi connectivity index (χ1) is 8.70. The van der Waals surface area contributed by atoms with Gasteiger partial charge in [-0.2, -0.15) is 0 Å². The number of unbranched alkanes of at least 4 members (excludes halogenated alkanes) is 3. The summed E-state index contributed by atoms with van der Waals surface area (Å²) >= 11 is 0. The number of nitrogens with two attached hydrogens (primary N) is 1. The average molecular weight is 251 g/mol. The number of carbonyl (C=O) groups excluding carboxylic acids is 1. The van der Waals surface area contributed by atoms with E-state index in [0.29, 0.717) is 17.1 Å². The number of anilines is 2. The van der Waals surface area contributed by atoms with E-state index in [0.717, 1.165) is 13.0 Å². The maximum atomic E-state index is 11.4. The van der Waals surface area contributed by atoms with Crippen molar-refractivity contribution in [3.8, 4) is 0 Å². The summed E-state index contributed by atoms with van der Waals surface area (Å²) in [6, 6.07) is 1.56. The van der Waals surface area contributed by atoms with E-state index in [9.17, 15) is 4.79 Å². The third-order valence-corrected chi connectivity index (χ3v) is 2.72. The maximum Gasteiger partial charge on any atom is 0.340 e. The fourth-order valence-electron chi connectivity index (χ4n) is 1.66. The molecule has 0 aliphatic heterocycles. The van der Waals surface area contributed by atoms with Crippen molar-refractivity contribution in [2.24, 2.45) is 0 Å². The molecule has 0 bridgehead atoms. The number of carbonyl (C=O) groups is 1. The Kier molecular flexibility index (Phi) is 5.97. The molecule has 0 aliphatic carbocycles. The Morgan fingerprint density at radius 1 is 1.44 bits per heavy atom. The molecular formula is C13H21N3O2. The fraction of sp³-hybridized carbons (Fsp3) is 0.538. The van der Waals surface area contributed by atoms with Gasteiger partial charge in [-0.05, 0) is 12.5 Å². The second-order valence-electron chi connectivity index (χ2n) is 4.10. The molecule has 1 rings (SSSR count). The van der Waals surface area contributed by atoms with E-state index < -0.39 is 5.97 Å². The van der Waals surface area contributed by atoms with Gasteiger partial charge in [0.2, 0.25) is 0 Å². The minimum Gasteiger partial charge on any atom is -0.465 e. The molecule has 0 fully saturated rings. The van der Waals surface area contributed by atoms with Crippen LogP contribution in [0.2, 0.25) is 0 Å². The molecule has 0 aromatic carbocycles. The van der Waals surface area contributed by atoms with Gasteiger partial charge in [-0.1, -0.05) is 26.2 Å². The van der Waals surface area contributed by atoms with Crippen molar-refractivity contribution in [1.29, 1.82) is 0 Å². The van der Waals surface area contributed by atoms with Crippen LogP contribution in [0.3, 0.4) is 0 Å². The van der Waals surface area contributed by atoms with Crippen molar-refractivity contribution in [1.82, 2.24) is 4.98 Å². The van der Waals surface area contributed by atoms with Crippen molar-refractivity contribution in [3.05, 3.63) is 17.8 Å². The highest BCUT2D eigenvalue weighted by Gasteiger charge is 2.13. The third-order valence-electron chi connectivity index (χ3n) is 2.72. The van der Waals surface area contributed by atoms with Crippen LogP contribution < -0.4 is 11.1 Å². The average Bonchev–Trinajstić information content (AvgIpc) is 2.39. The van der Waals surface area contributed by atoms with E-state index in [1.165, 1.54) is 26.4 Å². The molecule has 5 nitrogen and oxygen atoms in total. The van der Waals surface area contributed by atoms with Gasteiger partial charge in [0.1, 0.15) is 5.82 Å². The lowest BCUT2D eigenvalue weighted by molar-refractivity contribution is 0.0602. The Morgan fingerprint density at radius 3 is 2.89 bits per heavy atom. The summed E-state index contributed by atoms with van der Waals surface area (Å²) in [6.07, 6.45) is 6.24. The molecule has 0 amide bonds. The summed E-state index contributed by atoms with van der Waals surface area (Å²) < 4.78 is 4.66. The molecule has 0 atom stereocenters. The standard InChI is InChI=1S/C13H21N3O2/c1-3-4-5-6-8-15-12-11(14)10(7-9-16-12)13(17)18-2/h7,9H,3-6,8,14H2,1-2H3,(H,15,16). The molecule has 0 spiro atoms. The van der Waals surface area contributed by atoms with Gasteiger partial charge < -0.3 is 15.8 Å². The SMILES string of the molecule is CCCCCCNc1nccc(C(=O)OC)c1N. The van der Waals surface area contributed by atoms with Crippen LogP contribution in [0.5, 0.6) is 0 Å². The number of pyridine rings is 1. The quantitative estimate of drug-likeness (QED) is 0.575. The van der Waals surface area contributed by atoms with Crippen molar-refractivity contribution in [2.75, 3.05) is 24.7 Å². The number of rotatable bonds is 7. The van der Waals surface area contributed by atoms with Crippen LogP contribution in [0.1, 0.15) is 43.0 Å². The smallest absolute Gasteiger partial charge is 0.340 e. The topological polar surface area (TPSA) is 77.2 Å². The van der Waals surface area contributed by atoms with E-state index in [1.54, 1.807) is 12.3 Å². The molecule has 3 N–H and O–H groups in total. The Bertz CT molecular complexity index is 394. The van der Waals surface area contributed by atoms with Crippen molar-refractivity contribution < 1.29 is 9.53 Å². The first kappa shape index (κ1) is 14.3. The predicted molar refractivity (Wildman–Crippen MR) is 72.6 cm³/mol. The zero-order valence-electron chi connectivity index (χ0n) is 11.0. The molecule has 0 unspecified atom stereocenters. The zero-order chi connectivity index (χ0) is 13.4. The second kappa shape index (κ2) is 7.53. The van der Waals surface area contributed by atoms with Crippen molar-refractivity contribution in [2.45, 2.75) is 32.6 Å². The number of ether oxygens (including phenoxy) is 1. The van der Waals surface area contributed by atoms with Crippen molar-refractivity contribution in [3.63, 3.8) is 0 Å². The molecule has 100 valence electrons. The summed E-state index contributed by atoms with van der Waals surface area (Å²) in [5.74, 6) is 0.110. The van der Waals surface area contributed by atoms with E-state index >= 15 is 0 Å². The Balaban J connectivity index is 2.58. The number of nitrogens with zero attached hydrogens (tertiary/aromatic N) is 1. The highest BCUT2D eigenvalue weighted by molar-refractivity contribution is 5.97. The monoisotopic (exact) mass is 251 g/mol. The number of methoxy groups -OCH3 is 1. The number of esters is 1. The molecule has 0 saturated heterocycles. The van der Waals surface area contributed by atoms with Gasteiger partial charge in [-0.3, -0.25) is 0 Å². The zero-order valence-corrected chi connectivity index (χ0v) is 11.0. The fourth-order valence-corrected chi connectivity index (χ4v) is 1.66. The van der Waals surface area contributed by atoms with Gasteiger partial charge in [0.05, 0.1) is 18.4 Å². The molecule has 0 saturated carbocycles. The summed E-state index contributed by atoms with van der Waals surface area (Å²) in [6.45, 7) is 2.98. The van der Waals surface area contributed by atoms with Crippen LogP contribution >= 0.6 is 0 Å². The van der Waals surface area contributed by atoms with E-state index in [1.807, 2.05) is 0 Å². The summed E-state index contributed by atoms with van der Waals surface area (Å²) in [5.41, 5.74) is 6.57. The number of hydrogen-bond donors (Lipinski definition) is 2. The minimum absolute atomic E-state index is 0.347. The number of hydrogen-bond acceptors (Lipinski definition) is 5. The van der Waals surface area contributed by atoms with Gasteiger partial charge in [0.25, 0.3) is 0 Å². The lowest BCUT2D eigenvalue weighted by Gasteiger charge is -2.10. The first-order valence-corrected chi connectivity index (χ1v) is 6.27. The number of nitrogens with one attached hydrogen (secondary N) is 1. The normalized spacial score (nSPS) is 10.1. The maximum absolute atomic E-state index is 11.4. The van der Waals surface area contributed by atoms with Crippen LogP contribution in [0.15, 0.2) is 12.3 Å². The molecule has 5 heteroatoms. The van der Waals surface area contributed by atoms with E-state index in [-0.39, 0.29) is 0 Å².